The fraction of sp³-hybridized carbons (Fsp3) is 0.250. The summed E-state index contributed by atoms with van der Waals surface area (Å²) in [6.45, 7) is 6.49. The van der Waals surface area contributed by atoms with E-state index >= 15 is 0 Å². The number of thiazole rings is 1. The Kier molecular flexibility index (Phi) is 3.07. The predicted octanol–water partition coefficient (Wildman–Crippen LogP) is 3.73. The predicted molar refractivity (Wildman–Crippen MR) is 79.6 cm³/mol. The molecule has 0 aliphatic rings. The number of aryl methyl sites for hydroxylation is 2. The summed E-state index contributed by atoms with van der Waals surface area (Å²) in [6.07, 6.45) is 1.03. The third-order valence-corrected chi connectivity index (χ3v) is 4.43. The van der Waals surface area contributed by atoms with Gasteiger partial charge in [0.05, 0.1) is 0 Å². The van der Waals surface area contributed by atoms with Crippen LogP contribution in [0.2, 0.25) is 0 Å². The number of hydrogen-bond donors (Lipinski definition) is 0. The van der Waals surface area contributed by atoms with Gasteiger partial charge in [-0.05, 0) is 29.7 Å². The van der Waals surface area contributed by atoms with Gasteiger partial charge >= 0.3 is 4.96 Å². The molecule has 0 radical (unpaired) electrons. The van der Waals surface area contributed by atoms with Gasteiger partial charge in [-0.1, -0.05) is 37.3 Å². The highest BCUT2D eigenvalue weighted by atomic mass is 32.1. The fourth-order valence-corrected chi connectivity index (χ4v) is 3.63. The highest BCUT2D eigenvalue weighted by molar-refractivity contribution is 7.14. The average molecular weight is 269 g/mol. The van der Waals surface area contributed by atoms with Gasteiger partial charge in [0.1, 0.15) is 5.69 Å². The summed E-state index contributed by atoms with van der Waals surface area (Å²) in [5, 5.41) is 2.20. The van der Waals surface area contributed by atoms with Crippen molar-refractivity contribution in [2.24, 2.45) is 0 Å². The first-order chi connectivity index (χ1) is 9.22. The van der Waals surface area contributed by atoms with Crippen LogP contribution in [0.4, 0.5) is 0 Å². The van der Waals surface area contributed by atoms with Crippen molar-refractivity contribution in [1.29, 1.82) is 0 Å². The van der Waals surface area contributed by atoms with Crippen molar-refractivity contribution < 1.29 is 4.40 Å². The number of hydrogen-bond acceptors (Lipinski definition) is 2. The summed E-state index contributed by atoms with van der Waals surface area (Å²) in [5.74, 6) is 0. The summed E-state index contributed by atoms with van der Waals surface area (Å²) >= 11 is 1.71. The van der Waals surface area contributed by atoms with Crippen LogP contribution < -0.4 is 4.40 Å². The van der Waals surface area contributed by atoms with E-state index in [0.717, 1.165) is 17.1 Å². The van der Waals surface area contributed by atoms with Crippen LogP contribution in [0, 0.1) is 13.8 Å². The molecule has 0 fully saturated rings. The van der Waals surface area contributed by atoms with E-state index in [-0.39, 0.29) is 0 Å². The van der Waals surface area contributed by atoms with Crippen molar-refractivity contribution >= 4 is 16.3 Å². The number of benzene rings is 1. The minimum atomic E-state index is 1.03. The topological polar surface area (TPSA) is 17.0 Å². The molecule has 2 nitrogen and oxygen atoms in total. The van der Waals surface area contributed by atoms with Crippen LogP contribution in [0.5, 0.6) is 0 Å². The SMILES string of the molecule is CCc1c(C)nc2scc(-c3ccccc3)[n+]2c1C. The maximum atomic E-state index is 4.73. The lowest BCUT2D eigenvalue weighted by atomic mass is 10.1. The molecule has 0 unspecified atom stereocenters. The first kappa shape index (κ1) is 12.3. The minimum Gasteiger partial charge on any atom is -0.183 e. The average Bonchev–Trinajstić information content (AvgIpc) is 2.84. The Morgan fingerprint density at radius 3 is 2.58 bits per heavy atom. The molecule has 0 saturated carbocycles. The maximum Gasteiger partial charge on any atom is 0.387 e. The molecule has 3 rings (SSSR count). The zero-order chi connectivity index (χ0) is 13.4. The van der Waals surface area contributed by atoms with Gasteiger partial charge in [0.15, 0.2) is 11.4 Å². The Balaban J connectivity index is 2.34. The molecule has 0 amide bonds. The van der Waals surface area contributed by atoms with Crippen molar-refractivity contribution in [1.82, 2.24) is 4.98 Å². The van der Waals surface area contributed by atoms with Crippen molar-refractivity contribution in [3.05, 3.63) is 52.7 Å². The van der Waals surface area contributed by atoms with E-state index in [2.05, 4.69) is 60.9 Å². The molecule has 0 aliphatic carbocycles. The quantitative estimate of drug-likeness (QED) is 0.648. The molecule has 0 saturated heterocycles. The summed E-state index contributed by atoms with van der Waals surface area (Å²) in [4.78, 5) is 5.81. The molecule has 96 valence electrons. The van der Waals surface area contributed by atoms with Crippen LogP contribution in [0.25, 0.3) is 16.2 Å². The number of fused-ring (bicyclic) bond motifs is 1. The van der Waals surface area contributed by atoms with Gasteiger partial charge < -0.3 is 0 Å². The van der Waals surface area contributed by atoms with Crippen molar-refractivity contribution in [3.8, 4) is 11.3 Å². The molecule has 2 heterocycles. The molecule has 3 heteroatoms. The van der Waals surface area contributed by atoms with Crippen molar-refractivity contribution in [2.75, 3.05) is 0 Å². The monoisotopic (exact) mass is 269 g/mol. The second-order valence-corrected chi connectivity index (χ2v) is 5.56. The smallest absolute Gasteiger partial charge is 0.183 e. The first-order valence-corrected chi connectivity index (χ1v) is 7.45. The third kappa shape index (κ3) is 1.94. The first-order valence-electron chi connectivity index (χ1n) is 6.57. The Bertz CT molecular complexity index is 729. The van der Waals surface area contributed by atoms with Gasteiger partial charge in [-0.25, -0.2) is 0 Å². The van der Waals surface area contributed by atoms with E-state index in [9.17, 15) is 0 Å². The van der Waals surface area contributed by atoms with Crippen LogP contribution >= 0.6 is 11.3 Å². The molecule has 0 aliphatic heterocycles. The number of rotatable bonds is 2. The van der Waals surface area contributed by atoms with Crippen LogP contribution in [0.15, 0.2) is 35.7 Å². The van der Waals surface area contributed by atoms with Gasteiger partial charge in [0.25, 0.3) is 0 Å². The van der Waals surface area contributed by atoms with E-state index in [4.69, 9.17) is 4.98 Å². The highest BCUT2D eigenvalue weighted by Gasteiger charge is 2.21. The summed E-state index contributed by atoms with van der Waals surface area (Å²) < 4.78 is 2.28. The number of aromatic nitrogens is 2. The molecule has 19 heavy (non-hydrogen) atoms. The molecule has 2 aromatic heterocycles. The van der Waals surface area contributed by atoms with E-state index in [1.165, 1.54) is 22.5 Å². The second-order valence-electron chi connectivity index (χ2n) is 4.72. The minimum absolute atomic E-state index is 1.03. The lowest BCUT2D eigenvalue weighted by Gasteiger charge is -2.04. The zero-order valence-corrected chi connectivity index (χ0v) is 12.3. The Morgan fingerprint density at radius 1 is 1.16 bits per heavy atom. The lowest BCUT2D eigenvalue weighted by Crippen LogP contribution is -2.29. The third-order valence-electron chi connectivity index (χ3n) is 3.60. The van der Waals surface area contributed by atoms with Gasteiger partial charge in [-0.2, -0.15) is 4.40 Å². The van der Waals surface area contributed by atoms with Crippen LogP contribution in [0.1, 0.15) is 23.9 Å². The normalized spacial score (nSPS) is 11.1. The zero-order valence-electron chi connectivity index (χ0n) is 11.5. The van der Waals surface area contributed by atoms with Crippen LogP contribution in [-0.4, -0.2) is 4.98 Å². The molecule has 3 aromatic rings. The molecule has 0 N–H and O–H groups in total. The lowest BCUT2D eigenvalue weighted by molar-refractivity contribution is -0.506. The second kappa shape index (κ2) is 4.74. The summed E-state index contributed by atoms with van der Waals surface area (Å²) in [5.41, 5.74) is 6.30. The van der Waals surface area contributed by atoms with Gasteiger partial charge in [0, 0.05) is 23.4 Å². The Hall–Kier alpha value is -1.74. The highest BCUT2D eigenvalue weighted by Crippen LogP contribution is 2.22. The largest absolute Gasteiger partial charge is 0.387 e. The molecule has 0 bridgehead atoms. The van der Waals surface area contributed by atoms with E-state index in [0.29, 0.717) is 0 Å². The van der Waals surface area contributed by atoms with Gasteiger partial charge in [0.2, 0.25) is 0 Å². The molecule has 1 aromatic carbocycles. The molecule has 0 atom stereocenters. The summed E-state index contributed by atoms with van der Waals surface area (Å²) in [7, 11) is 0. The van der Waals surface area contributed by atoms with E-state index < -0.39 is 0 Å². The standard InChI is InChI=1S/C16H17N2S/c1-4-14-11(2)17-16-18(12(14)3)15(10-19-16)13-8-6-5-7-9-13/h5-10H,4H2,1-3H3/q+1. The number of nitrogens with zero attached hydrogens (tertiary/aromatic N) is 2. The molecule has 0 spiro atoms. The van der Waals surface area contributed by atoms with E-state index in [1.54, 1.807) is 11.3 Å². The van der Waals surface area contributed by atoms with Crippen LogP contribution in [-0.2, 0) is 6.42 Å². The Labute approximate surface area is 117 Å². The summed E-state index contributed by atoms with van der Waals surface area (Å²) in [6, 6.07) is 10.5. The molecular weight excluding hydrogens is 252 g/mol. The van der Waals surface area contributed by atoms with Gasteiger partial charge in [-0.15, -0.1) is 0 Å². The van der Waals surface area contributed by atoms with Crippen molar-refractivity contribution in [2.45, 2.75) is 27.2 Å². The fourth-order valence-electron chi connectivity index (χ4n) is 2.64. The van der Waals surface area contributed by atoms with Crippen LogP contribution in [0.3, 0.4) is 0 Å². The molecular formula is C16H17N2S+. The Morgan fingerprint density at radius 2 is 1.89 bits per heavy atom. The van der Waals surface area contributed by atoms with Crippen molar-refractivity contribution in [3.63, 3.8) is 0 Å². The van der Waals surface area contributed by atoms with E-state index in [1.807, 2.05) is 0 Å². The maximum absolute atomic E-state index is 4.73. The van der Waals surface area contributed by atoms with Gasteiger partial charge in [-0.3, -0.25) is 0 Å².